The first kappa shape index (κ1) is 28.3. The van der Waals surface area contributed by atoms with Crippen LogP contribution in [0.3, 0.4) is 0 Å². The zero-order valence-electron chi connectivity index (χ0n) is 21.1. The summed E-state index contributed by atoms with van der Waals surface area (Å²) in [7, 11) is 3.03. The predicted molar refractivity (Wildman–Crippen MR) is 140 cm³/mol. The van der Waals surface area contributed by atoms with E-state index in [9.17, 15) is 9.18 Å². The molecular formula is C25H30ClFN6O3. The number of nitrogen functional groups attached to an aromatic ring is 1. The van der Waals surface area contributed by atoms with Crippen molar-refractivity contribution >= 4 is 35.2 Å². The number of nitrogens with two attached hydrogens (primary N) is 1. The first-order valence-electron chi connectivity index (χ1n) is 11.2. The Balaban J connectivity index is 0.000000295. The van der Waals surface area contributed by atoms with Gasteiger partial charge in [0, 0.05) is 23.5 Å². The molecule has 0 spiro atoms. The van der Waals surface area contributed by atoms with E-state index in [0.29, 0.717) is 45.6 Å². The number of hydrogen-bond acceptors (Lipinski definition) is 7. The number of nitrogens with zero attached hydrogens (tertiary/aromatic N) is 4. The van der Waals surface area contributed by atoms with Crippen LogP contribution in [-0.2, 0) is 11.2 Å². The van der Waals surface area contributed by atoms with E-state index in [2.05, 4.69) is 20.3 Å². The summed E-state index contributed by atoms with van der Waals surface area (Å²) in [4.78, 5) is 22.2. The second-order valence-corrected chi connectivity index (χ2v) is 7.45. The van der Waals surface area contributed by atoms with Gasteiger partial charge in [-0.25, -0.2) is 15.0 Å². The predicted octanol–water partition coefficient (Wildman–Crippen LogP) is 5.34. The van der Waals surface area contributed by atoms with Gasteiger partial charge in [-0.05, 0) is 31.5 Å². The largest absolute Gasteiger partial charge is 0.493 e. The van der Waals surface area contributed by atoms with Crippen LogP contribution in [0.1, 0.15) is 32.2 Å². The number of anilines is 2. The molecule has 0 bridgehead atoms. The number of aromatic nitrogens is 4. The standard InChI is InChI=1S/C16H15ClFN3O2.C7H9N3O.C2H6/c1-4-9-8-21-14(20-9)7-19-16(18)15(21)10-5-12(22-2)13(23-3)6-11(10)17;1-5-2-3-6(9-4-11)7(8)10-5;1-2/h5-8H,4H2,1-3H3;2-4H,1H3,(H2,8,10)(H,9,11);1-2H3. The average Bonchev–Trinajstić information content (AvgIpc) is 3.31. The molecule has 11 heteroatoms. The highest BCUT2D eigenvalue weighted by Crippen LogP contribution is 2.39. The number of ether oxygens (including phenoxy) is 2. The fraction of sp³-hybridized carbons (Fsp3) is 0.280. The van der Waals surface area contributed by atoms with Crippen LogP contribution in [-0.4, -0.2) is 40.0 Å². The molecule has 4 rings (SSSR count). The van der Waals surface area contributed by atoms with E-state index < -0.39 is 5.95 Å². The molecule has 1 amide bonds. The highest BCUT2D eigenvalue weighted by Gasteiger charge is 2.19. The van der Waals surface area contributed by atoms with E-state index in [4.69, 9.17) is 26.8 Å². The monoisotopic (exact) mass is 516 g/mol. The average molecular weight is 517 g/mol. The summed E-state index contributed by atoms with van der Waals surface area (Å²) in [5, 5.41) is 2.77. The molecule has 0 radical (unpaired) electrons. The highest BCUT2D eigenvalue weighted by atomic mass is 35.5. The van der Waals surface area contributed by atoms with Gasteiger partial charge in [0.15, 0.2) is 17.1 Å². The molecule has 0 aliphatic carbocycles. The van der Waals surface area contributed by atoms with E-state index in [1.54, 1.807) is 34.9 Å². The summed E-state index contributed by atoms with van der Waals surface area (Å²) in [5.74, 6) is 0.643. The van der Waals surface area contributed by atoms with E-state index >= 15 is 0 Å². The topological polar surface area (TPSA) is 117 Å². The SMILES string of the molecule is CC.CCc1cn2c(-c3cc(OC)c(OC)cc3Cl)c(F)ncc2n1.Cc1ccc(NC=O)c(N)n1. The molecule has 3 heterocycles. The van der Waals surface area contributed by atoms with Crippen LogP contribution in [0.2, 0.25) is 5.02 Å². The molecular weight excluding hydrogens is 487 g/mol. The molecule has 0 atom stereocenters. The number of hydrogen-bond donors (Lipinski definition) is 2. The maximum Gasteiger partial charge on any atom is 0.237 e. The Bertz CT molecular complexity index is 1330. The Morgan fingerprint density at radius 2 is 1.83 bits per heavy atom. The molecule has 0 unspecified atom stereocenters. The number of pyridine rings is 1. The maximum atomic E-state index is 14.4. The third-order valence-electron chi connectivity index (χ3n) is 4.88. The fourth-order valence-electron chi connectivity index (χ4n) is 3.20. The molecule has 9 nitrogen and oxygen atoms in total. The van der Waals surface area contributed by atoms with Gasteiger partial charge in [0.05, 0.1) is 36.8 Å². The van der Waals surface area contributed by atoms with Gasteiger partial charge < -0.3 is 20.5 Å². The van der Waals surface area contributed by atoms with Crippen LogP contribution in [0.4, 0.5) is 15.9 Å². The molecule has 1 aromatic carbocycles. The van der Waals surface area contributed by atoms with E-state index in [0.717, 1.165) is 17.8 Å². The Hall–Kier alpha value is -3.92. The number of carbonyl (C=O) groups excluding carboxylic acids is 1. The third-order valence-corrected chi connectivity index (χ3v) is 5.19. The minimum atomic E-state index is -0.633. The van der Waals surface area contributed by atoms with Gasteiger partial charge in [-0.2, -0.15) is 4.39 Å². The van der Waals surface area contributed by atoms with Crippen LogP contribution < -0.4 is 20.5 Å². The van der Waals surface area contributed by atoms with Crippen LogP contribution in [0.15, 0.2) is 36.7 Å². The molecule has 0 saturated carbocycles. The number of halogens is 2. The first-order valence-corrected chi connectivity index (χ1v) is 11.6. The molecule has 192 valence electrons. The van der Waals surface area contributed by atoms with Gasteiger partial charge in [-0.1, -0.05) is 32.4 Å². The molecule has 0 aliphatic rings. The number of fused-ring (bicyclic) bond motifs is 1. The summed E-state index contributed by atoms with van der Waals surface area (Å²) in [5.41, 5.74) is 8.95. The van der Waals surface area contributed by atoms with Gasteiger partial charge in [0.25, 0.3) is 0 Å². The van der Waals surface area contributed by atoms with Gasteiger partial charge in [-0.3, -0.25) is 9.20 Å². The fourth-order valence-corrected chi connectivity index (χ4v) is 3.44. The van der Waals surface area contributed by atoms with Crippen molar-refractivity contribution in [3.8, 4) is 22.8 Å². The molecule has 3 aromatic heterocycles. The molecule has 3 N–H and O–H groups in total. The second kappa shape index (κ2) is 13.2. The summed E-state index contributed by atoms with van der Waals surface area (Å²) in [6, 6.07) is 6.71. The quantitative estimate of drug-likeness (QED) is 0.332. The summed E-state index contributed by atoms with van der Waals surface area (Å²) in [6.07, 6.45) is 4.49. The Morgan fingerprint density at radius 1 is 1.17 bits per heavy atom. The van der Waals surface area contributed by atoms with Crippen LogP contribution >= 0.6 is 11.6 Å². The van der Waals surface area contributed by atoms with E-state index in [-0.39, 0.29) is 5.69 Å². The zero-order valence-corrected chi connectivity index (χ0v) is 21.9. The molecule has 4 aromatic rings. The first-order chi connectivity index (χ1) is 17.3. The maximum absolute atomic E-state index is 14.4. The highest BCUT2D eigenvalue weighted by molar-refractivity contribution is 6.33. The summed E-state index contributed by atoms with van der Waals surface area (Å²) < 4.78 is 26.6. The number of aryl methyl sites for hydroxylation is 2. The lowest BCUT2D eigenvalue weighted by Crippen LogP contribution is -2.01. The molecule has 0 fully saturated rings. The van der Waals surface area contributed by atoms with Crippen molar-refractivity contribution < 1.29 is 18.7 Å². The van der Waals surface area contributed by atoms with Gasteiger partial charge >= 0.3 is 0 Å². The summed E-state index contributed by atoms with van der Waals surface area (Å²) >= 11 is 6.32. The zero-order chi connectivity index (χ0) is 26.8. The second-order valence-electron chi connectivity index (χ2n) is 7.05. The smallest absolute Gasteiger partial charge is 0.237 e. The lowest BCUT2D eigenvalue weighted by Gasteiger charge is -2.13. The third kappa shape index (κ3) is 6.39. The Morgan fingerprint density at radius 3 is 2.42 bits per heavy atom. The van der Waals surface area contributed by atoms with Crippen LogP contribution in [0.25, 0.3) is 16.9 Å². The minimum Gasteiger partial charge on any atom is -0.493 e. The number of imidazole rings is 1. The van der Waals surface area contributed by atoms with Crippen LogP contribution in [0, 0.1) is 12.9 Å². The van der Waals surface area contributed by atoms with Gasteiger partial charge in [0.2, 0.25) is 12.4 Å². The number of nitrogens with one attached hydrogen (secondary N) is 1. The van der Waals surface area contributed by atoms with Gasteiger partial charge in [-0.15, -0.1) is 0 Å². The number of benzene rings is 1. The lowest BCUT2D eigenvalue weighted by molar-refractivity contribution is -0.105. The van der Waals surface area contributed by atoms with Crippen molar-refractivity contribution in [3.63, 3.8) is 0 Å². The van der Waals surface area contributed by atoms with Crippen molar-refractivity contribution in [1.82, 2.24) is 19.4 Å². The van der Waals surface area contributed by atoms with Crippen LogP contribution in [0.5, 0.6) is 11.5 Å². The normalized spacial score (nSPS) is 10.0. The van der Waals surface area contributed by atoms with Crippen molar-refractivity contribution in [2.75, 3.05) is 25.3 Å². The lowest BCUT2D eigenvalue weighted by atomic mass is 10.1. The number of carbonyl (C=O) groups is 1. The number of amides is 1. The Kier molecular flexibility index (Phi) is 10.4. The summed E-state index contributed by atoms with van der Waals surface area (Å²) in [6.45, 7) is 7.82. The van der Waals surface area contributed by atoms with Gasteiger partial charge in [0.1, 0.15) is 11.5 Å². The molecule has 0 aliphatic heterocycles. The van der Waals surface area contributed by atoms with Crippen molar-refractivity contribution in [2.45, 2.75) is 34.1 Å². The number of rotatable bonds is 6. The van der Waals surface area contributed by atoms with Crippen molar-refractivity contribution in [2.24, 2.45) is 0 Å². The number of methoxy groups -OCH3 is 2. The van der Waals surface area contributed by atoms with E-state index in [1.165, 1.54) is 20.4 Å². The van der Waals surface area contributed by atoms with Crippen molar-refractivity contribution in [1.29, 1.82) is 0 Å². The molecule has 36 heavy (non-hydrogen) atoms. The Labute approximate surface area is 214 Å². The van der Waals surface area contributed by atoms with E-state index in [1.807, 2.05) is 27.7 Å². The molecule has 0 saturated heterocycles. The van der Waals surface area contributed by atoms with Crippen molar-refractivity contribution in [3.05, 3.63) is 59.0 Å². The minimum absolute atomic E-state index is 0.237.